The fraction of sp³-hybridized carbons (Fsp3) is 0.238. The topological polar surface area (TPSA) is 69.0 Å². The Balaban J connectivity index is 1.70. The van der Waals surface area contributed by atoms with Gasteiger partial charge >= 0.3 is 5.97 Å². The molecule has 0 aliphatic heterocycles. The average Bonchev–Trinajstić information content (AvgIpc) is 3.34. The van der Waals surface area contributed by atoms with Crippen LogP contribution in [0.15, 0.2) is 58.9 Å². The molecule has 0 spiro atoms. The molecule has 0 radical (unpaired) electrons. The second-order valence-electron chi connectivity index (χ2n) is 6.06. The van der Waals surface area contributed by atoms with E-state index < -0.39 is 5.97 Å². The number of amides is 1. The number of esters is 1. The molecule has 6 nitrogen and oxygen atoms in total. The number of benzene rings is 1. The van der Waals surface area contributed by atoms with E-state index >= 15 is 0 Å². The number of hydrogen-bond acceptors (Lipinski definition) is 6. The zero-order valence-corrected chi connectivity index (χ0v) is 16.4. The molecule has 0 saturated heterocycles. The maximum atomic E-state index is 12.6. The molecule has 1 amide bonds. The summed E-state index contributed by atoms with van der Waals surface area (Å²) in [7, 11) is 1.54. The SMILES string of the molecule is C=CCN(Cc1cccs1)C(=O)COC(=O)c1oc2ccccc2c1COC. The Morgan fingerprint density at radius 1 is 1.25 bits per heavy atom. The minimum absolute atomic E-state index is 0.0596. The van der Waals surface area contributed by atoms with Crippen LogP contribution in [0.3, 0.4) is 0 Å². The fourth-order valence-electron chi connectivity index (χ4n) is 2.84. The maximum absolute atomic E-state index is 12.6. The number of carbonyl (C=O) groups is 2. The molecule has 28 heavy (non-hydrogen) atoms. The van der Waals surface area contributed by atoms with Crippen LogP contribution in [0.4, 0.5) is 0 Å². The minimum Gasteiger partial charge on any atom is -0.450 e. The molecule has 0 unspecified atom stereocenters. The largest absolute Gasteiger partial charge is 0.450 e. The number of fused-ring (bicyclic) bond motifs is 1. The number of nitrogens with zero attached hydrogens (tertiary/aromatic N) is 1. The number of thiophene rings is 1. The van der Waals surface area contributed by atoms with Crippen LogP contribution in [0.2, 0.25) is 0 Å². The van der Waals surface area contributed by atoms with Crippen molar-refractivity contribution in [3.05, 3.63) is 70.6 Å². The van der Waals surface area contributed by atoms with E-state index in [1.807, 2.05) is 35.7 Å². The molecule has 3 rings (SSSR count). The summed E-state index contributed by atoms with van der Waals surface area (Å²) in [6.07, 6.45) is 1.64. The van der Waals surface area contributed by atoms with Gasteiger partial charge in [-0.25, -0.2) is 4.79 Å². The van der Waals surface area contributed by atoms with E-state index in [1.165, 1.54) is 7.11 Å². The van der Waals surface area contributed by atoms with E-state index in [-0.39, 0.29) is 24.9 Å². The third-order valence-electron chi connectivity index (χ3n) is 4.13. The van der Waals surface area contributed by atoms with Crippen molar-refractivity contribution in [1.82, 2.24) is 4.90 Å². The van der Waals surface area contributed by atoms with Crippen LogP contribution in [0.25, 0.3) is 11.0 Å². The Kier molecular flexibility index (Phi) is 6.62. The van der Waals surface area contributed by atoms with Crippen LogP contribution >= 0.6 is 11.3 Å². The van der Waals surface area contributed by atoms with Crippen LogP contribution < -0.4 is 0 Å². The lowest BCUT2D eigenvalue weighted by Gasteiger charge is -2.20. The summed E-state index contributed by atoms with van der Waals surface area (Å²) >= 11 is 1.56. The number of rotatable bonds is 9. The Hall–Kier alpha value is -2.90. The van der Waals surface area contributed by atoms with Crippen LogP contribution in [-0.2, 0) is 27.4 Å². The van der Waals surface area contributed by atoms with Crippen molar-refractivity contribution in [1.29, 1.82) is 0 Å². The smallest absolute Gasteiger partial charge is 0.375 e. The van der Waals surface area contributed by atoms with Gasteiger partial charge in [0.15, 0.2) is 6.61 Å². The van der Waals surface area contributed by atoms with Gasteiger partial charge in [0.05, 0.1) is 13.2 Å². The predicted molar refractivity (Wildman–Crippen MR) is 107 cm³/mol. The number of carbonyl (C=O) groups excluding carboxylic acids is 2. The van der Waals surface area contributed by atoms with Crippen LogP contribution in [0.1, 0.15) is 21.0 Å². The first kappa shape index (κ1) is 19.9. The Morgan fingerprint density at radius 2 is 2.07 bits per heavy atom. The zero-order chi connectivity index (χ0) is 19.9. The summed E-state index contributed by atoms with van der Waals surface area (Å²) in [5, 5.41) is 2.73. The van der Waals surface area contributed by atoms with Gasteiger partial charge in [-0.3, -0.25) is 4.79 Å². The molecule has 0 aliphatic rings. The molecule has 2 heterocycles. The highest BCUT2D eigenvalue weighted by Gasteiger charge is 2.23. The molecule has 0 atom stereocenters. The molecule has 0 fully saturated rings. The van der Waals surface area contributed by atoms with E-state index in [4.69, 9.17) is 13.9 Å². The number of ether oxygens (including phenoxy) is 2. The fourth-order valence-corrected chi connectivity index (χ4v) is 3.56. The molecule has 0 bridgehead atoms. The minimum atomic E-state index is -0.689. The molecule has 2 aromatic heterocycles. The Morgan fingerprint density at radius 3 is 2.79 bits per heavy atom. The summed E-state index contributed by atoms with van der Waals surface area (Å²) in [6.45, 7) is 4.33. The Bertz CT molecular complexity index is 961. The third-order valence-corrected chi connectivity index (χ3v) is 4.99. The van der Waals surface area contributed by atoms with Gasteiger partial charge in [0.2, 0.25) is 5.76 Å². The van der Waals surface area contributed by atoms with Gasteiger partial charge in [-0.05, 0) is 17.5 Å². The third kappa shape index (κ3) is 4.49. The van der Waals surface area contributed by atoms with Gasteiger partial charge in [-0.2, -0.15) is 0 Å². The first-order chi connectivity index (χ1) is 13.6. The summed E-state index contributed by atoms with van der Waals surface area (Å²) in [5.74, 6) is -0.929. The molecule has 0 saturated carbocycles. The van der Waals surface area contributed by atoms with Crippen molar-refractivity contribution in [3.63, 3.8) is 0 Å². The second kappa shape index (κ2) is 9.34. The van der Waals surface area contributed by atoms with Crippen molar-refractivity contribution in [2.75, 3.05) is 20.3 Å². The van der Waals surface area contributed by atoms with Gasteiger partial charge in [-0.15, -0.1) is 17.9 Å². The predicted octanol–water partition coefficient (Wildman–Crippen LogP) is 4.01. The van der Waals surface area contributed by atoms with E-state index in [1.54, 1.807) is 28.4 Å². The summed E-state index contributed by atoms with van der Waals surface area (Å²) < 4.78 is 16.1. The quantitative estimate of drug-likeness (QED) is 0.402. The lowest BCUT2D eigenvalue weighted by Crippen LogP contribution is -2.34. The van der Waals surface area contributed by atoms with Crippen molar-refractivity contribution in [2.45, 2.75) is 13.2 Å². The van der Waals surface area contributed by atoms with E-state index in [9.17, 15) is 9.59 Å². The molecular weight excluding hydrogens is 378 g/mol. The zero-order valence-electron chi connectivity index (χ0n) is 15.6. The van der Waals surface area contributed by atoms with Crippen molar-refractivity contribution in [3.8, 4) is 0 Å². The second-order valence-corrected chi connectivity index (χ2v) is 7.09. The standard InChI is InChI=1S/C21H21NO5S/c1-3-10-22(12-15-7-6-11-28-15)19(23)14-26-21(24)20-17(13-25-2)16-8-4-5-9-18(16)27-20/h3-9,11H,1,10,12-14H2,2H3. The van der Waals surface area contributed by atoms with Crippen molar-refractivity contribution in [2.24, 2.45) is 0 Å². The number of hydrogen-bond donors (Lipinski definition) is 0. The number of para-hydroxylation sites is 1. The molecular formula is C21H21NO5S. The molecule has 1 aromatic carbocycles. The molecule has 7 heteroatoms. The molecule has 3 aromatic rings. The first-order valence-corrected chi connectivity index (χ1v) is 9.59. The van der Waals surface area contributed by atoms with E-state index in [0.29, 0.717) is 24.2 Å². The highest BCUT2D eigenvalue weighted by molar-refractivity contribution is 7.09. The van der Waals surface area contributed by atoms with E-state index in [0.717, 1.165) is 10.3 Å². The van der Waals surface area contributed by atoms with E-state index in [2.05, 4.69) is 6.58 Å². The van der Waals surface area contributed by atoms with Crippen LogP contribution in [0, 0.1) is 0 Å². The monoisotopic (exact) mass is 399 g/mol. The van der Waals surface area contributed by atoms with Gasteiger partial charge in [-0.1, -0.05) is 30.3 Å². The average molecular weight is 399 g/mol. The maximum Gasteiger partial charge on any atom is 0.375 e. The highest BCUT2D eigenvalue weighted by atomic mass is 32.1. The highest BCUT2D eigenvalue weighted by Crippen LogP contribution is 2.27. The van der Waals surface area contributed by atoms with Crippen molar-refractivity contribution >= 4 is 34.2 Å². The summed E-state index contributed by atoms with van der Waals surface area (Å²) in [5.41, 5.74) is 1.18. The lowest BCUT2D eigenvalue weighted by molar-refractivity contribution is -0.134. The lowest BCUT2D eigenvalue weighted by atomic mass is 10.1. The van der Waals surface area contributed by atoms with Gasteiger partial charge in [0, 0.05) is 29.5 Å². The van der Waals surface area contributed by atoms with Crippen LogP contribution in [0.5, 0.6) is 0 Å². The number of methoxy groups -OCH3 is 1. The van der Waals surface area contributed by atoms with Gasteiger partial charge in [0.1, 0.15) is 5.58 Å². The number of furan rings is 1. The molecule has 146 valence electrons. The van der Waals surface area contributed by atoms with Crippen molar-refractivity contribution < 1.29 is 23.5 Å². The summed E-state index contributed by atoms with van der Waals surface area (Å²) in [6, 6.07) is 11.2. The van der Waals surface area contributed by atoms with Gasteiger partial charge < -0.3 is 18.8 Å². The first-order valence-electron chi connectivity index (χ1n) is 8.71. The molecule has 0 aliphatic carbocycles. The van der Waals surface area contributed by atoms with Crippen LogP contribution in [-0.4, -0.2) is 37.0 Å². The Labute approximate surface area is 167 Å². The van der Waals surface area contributed by atoms with Gasteiger partial charge in [0.25, 0.3) is 5.91 Å². The molecule has 0 N–H and O–H groups in total. The normalized spacial score (nSPS) is 10.8. The summed E-state index contributed by atoms with van der Waals surface area (Å²) in [4.78, 5) is 27.7.